The van der Waals surface area contributed by atoms with Crippen LogP contribution in [-0.2, 0) is 10.0 Å². The smallest absolute Gasteiger partial charge is 0.274 e. The van der Waals surface area contributed by atoms with E-state index in [2.05, 4.69) is 15.0 Å². The molecule has 2 aromatic rings. The number of carbonyl (C=O) groups excluding carboxylic acids is 1. The van der Waals surface area contributed by atoms with Gasteiger partial charge in [0.25, 0.3) is 5.91 Å². The van der Waals surface area contributed by atoms with E-state index in [0.29, 0.717) is 11.4 Å². The normalized spacial score (nSPS) is 10.8. The monoisotopic (exact) mass is 291 g/mol. The highest BCUT2D eigenvalue weighted by Crippen LogP contribution is 2.16. The summed E-state index contributed by atoms with van der Waals surface area (Å²) in [5.74, 6) is -0.359. The van der Waals surface area contributed by atoms with E-state index < -0.39 is 10.0 Å². The Balaban J connectivity index is 2.14. The van der Waals surface area contributed by atoms with Crippen LogP contribution in [0.2, 0.25) is 0 Å². The molecule has 0 aliphatic rings. The molecule has 0 aliphatic carbocycles. The van der Waals surface area contributed by atoms with E-state index in [0.717, 1.165) is 6.26 Å². The van der Waals surface area contributed by atoms with Crippen LogP contribution in [0.5, 0.6) is 0 Å². The van der Waals surface area contributed by atoms with Crippen LogP contribution in [0.1, 0.15) is 10.5 Å². The summed E-state index contributed by atoms with van der Waals surface area (Å²) in [6.45, 7) is 0. The third kappa shape index (κ3) is 4.06. The second-order valence-electron chi connectivity index (χ2n) is 4.12. The summed E-state index contributed by atoms with van der Waals surface area (Å²) in [6.07, 6.45) is 2.59. The number of nitrogens with zero attached hydrogens (tertiary/aromatic N) is 1. The number of nitrogens with one attached hydrogen (secondary N) is 2. The fourth-order valence-corrected chi connectivity index (χ4v) is 2.12. The van der Waals surface area contributed by atoms with Crippen LogP contribution in [0.3, 0.4) is 0 Å². The van der Waals surface area contributed by atoms with Crippen molar-refractivity contribution in [3.63, 3.8) is 0 Å². The van der Waals surface area contributed by atoms with Crippen LogP contribution < -0.4 is 10.0 Å². The molecule has 0 atom stereocenters. The minimum Gasteiger partial charge on any atom is -0.321 e. The average molecular weight is 291 g/mol. The predicted molar refractivity (Wildman–Crippen MR) is 77.1 cm³/mol. The Morgan fingerprint density at radius 2 is 1.85 bits per heavy atom. The molecule has 2 N–H and O–H groups in total. The molecule has 0 radical (unpaired) electrons. The molecule has 1 amide bonds. The average Bonchev–Trinajstić information content (AvgIpc) is 2.38. The predicted octanol–water partition coefficient (Wildman–Crippen LogP) is 1.71. The van der Waals surface area contributed by atoms with Crippen LogP contribution in [0.4, 0.5) is 11.4 Å². The molecule has 0 fully saturated rings. The molecule has 0 saturated heterocycles. The minimum absolute atomic E-state index is 0.286. The van der Waals surface area contributed by atoms with Crippen LogP contribution in [0.15, 0.2) is 48.7 Å². The molecule has 1 aromatic heterocycles. The fourth-order valence-electron chi connectivity index (χ4n) is 1.57. The van der Waals surface area contributed by atoms with E-state index in [1.165, 1.54) is 12.3 Å². The maximum absolute atomic E-state index is 11.9. The van der Waals surface area contributed by atoms with E-state index in [1.54, 1.807) is 36.4 Å². The topological polar surface area (TPSA) is 88.2 Å². The molecular weight excluding hydrogens is 278 g/mol. The van der Waals surface area contributed by atoms with Crippen molar-refractivity contribution in [3.8, 4) is 0 Å². The van der Waals surface area contributed by atoms with Gasteiger partial charge in [0.05, 0.1) is 11.9 Å². The molecule has 0 unspecified atom stereocenters. The molecule has 1 heterocycles. The van der Waals surface area contributed by atoms with Gasteiger partial charge >= 0.3 is 0 Å². The second kappa shape index (κ2) is 5.70. The first-order chi connectivity index (χ1) is 9.44. The number of sulfonamides is 1. The lowest BCUT2D eigenvalue weighted by Crippen LogP contribution is -2.14. The zero-order valence-electron chi connectivity index (χ0n) is 10.7. The van der Waals surface area contributed by atoms with E-state index in [1.807, 2.05) is 0 Å². The Hall–Kier alpha value is -2.41. The third-order valence-corrected chi connectivity index (χ3v) is 2.93. The van der Waals surface area contributed by atoms with Crippen molar-refractivity contribution in [2.24, 2.45) is 0 Å². The number of aromatic nitrogens is 1. The van der Waals surface area contributed by atoms with E-state index in [9.17, 15) is 13.2 Å². The van der Waals surface area contributed by atoms with Gasteiger partial charge in [-0.1, -0.05) is 12.1 Å². The third-order valence-electron chi connectivity index (χ3n) is 2.32. The Morgan fingerprint density at radius 3 is 2.50 bits per heavy atom. The first kappa shape index (κ1) is 14.0. The zero-order valence-corrected chi connectivity index (χ0v) is 11.5. The summed E-state index contributed by atoms with van der Waals surface area (Å²) < 4.78 is 24.6. The number of benzene rings is 1. The van der Waals surface area contributed by atoms with Crippen molar-refractivity contribution in [1.82, 2.24) is 4.98 Å². The molecule has 2 rings (SSSR count). The number of rotatable bonds is 4. The van der Waals surface area contributed by atoms with Gasteiger partial charge in [0, 0.05) is 11.9 Å². The van der Waals surface area contributed by atoms with Gasteiger partial charge in [-0.3, -0.25) is 14.5 Å². The van der Waals surface area contributed by atoms with Gasteiger partial charge in [-0.2, -0.15) is 0 Å². The standard InChI is InChI=1S/C13H13N3O3S/c1-20(18,19)16-11-6-4-5-10(9-11)15-13(17)12-7-2-3-8-14-12/h2-9,16H,1H3,(H,15,17). The van der Waals surface area contributed by atoms with Crippen molar-refractivity contribution in [3.05, 3.63) is 54.4 Å². The van der Waals surface area contributed by atoms with Gasteiger partial charge in [-0.25, -0.2) is 8.42 Å². The Labute approximate surface area is 116 Å². The van der Waals surface area contributed by atoms with Crippen LogP contribution in [0.25, 0.3) is 0 Å². The van der Waals surface area contributed by atoms with Gasteiger partial charge in [0.15, 0.2) is 0 Å². The molecule has 0 aliphatic heterocycles. The number of amides is 1. The summed E-state index contributed by atoms with van der Waals surface area (Å²) in [5.41, 5.74) is 1.15. The summed E-state index contributed by atoms with van der Waals surface area (Å²) in [5, 5.41) is 2.65. The first-order valence-corrected chi connectivity index (χ1v) is 7.63. The molecule has 7 heteroatoms. The van der Waals surface area contributed by atoms with Crippen LogP contribution in [0, 0.1) is 0 Å². The number of carbonyl (C=O) groups is 1. The highest BCUT2D eigenvalue weighted by molar-refractivity contribution is 7.92. The lowest BCUT2D eigenvalue weighted by molar-refractivity contribution is 0.102. The lowest BCUT2D eigenvalue weighted by atomic mass is 10.2. The Morgan fingerprint density at radius 1 is 1.10 bits per heavy atom. The van der Waals surface area contributed by atoms with Crippen molar-refractivity contribution >= 4 is 27.3 Å². The molecule has 1 aromatic carbocycles. The molecule has 6 nitrogen and oxygen atoms in total. The maximum atomic E-state index is 11.9. The highest BCUT2D eigenvalue weighted by Gasteiger charge is 2.08. The van der Waals surface area contributed by atoms with Crippen LogP contribution >= 0.6 is 0 Å². The van der Waals surface area contributed by atoms with Crippen molar-refractivity contribution in [2.45, 2.75) is 0 Å². The number of hydrogen-bond acceptors (Lipinski definition) is 4. The SMILES string of the molecule is CS(=O)(=O)Nc1cccc(NC(=O)c2ccccn2)c1. The van der Waals surface area contributed by atoms with Gasteiger partial charge < -0.3 is 5.32 Å². The molecule has 0 spiro atoms. The van der Waals surface area contributed by atoms with Gasteiger partial charge in [0.2, 0.25) is 10.0 Å². The Kier molecular flexibility index (Phi) is 3.99. The van der Waals surface area contributed by atoms with Gasteiger partial charge in [0.1, 0.15) is 5.69 Å². The maximum Gasteiger partial charge on any atom is 0.274 e. The minimum atomic E-state index is -3.35. The van der Waals surface area contributed by atoms with Crippen molar-refractivity contribution < 1.29 is 13.2 Å². The second-order valence-corrected chi connectivity index (χ2v) is 5.87. The number of hydrogen-bond donors (Lipinski definition) is 2. The summed E-state index contributed by atoms with van der Waals surface area (Å²) in [6, 6.07) is 11.4. The highest BCUT2D eigenvalue weighted by atomic mass is 32.2. The number of pyridine rings is 1. The first-order valence-electron chi connectivity index (χ1n) is 5.74. The fraction of sp³-hybridized carbons (Fsp3) is 0.0769. The molecule has 104 valence electrons. The van der Waals surface area contributed by atoms with Crippen molar-refractivity contribution in [1.29, 1.82) is 0 Å². The summed E-state index contributed by atoms with van der Waals surface area (Å²) in [7, 11) is -3.35. The summed E-state index contributed by atoms with van der Waals surface area (Å²) in [4.78, 5) is 15.8. The van der Waals surface area contributed by atoms with E-state index >= 15 is 0 Å². The van der Waals surface area contributed by atoms with Crippen LogP contribution in [-0.4, -0.2) is 25.6 Å². The molecule has 0 saturated carbocycles. The molecule has 20 heavy (non-hydrogen) atoms. The quantitative estimate of drug-likeness (QED) is 0.897. The van der Waals surface area contributed by atoms with Gasteiger partial charge in [-0.15, -0.1) is 0 Å². The number of anilines is 2. The zero-order chi connectivity index (χ0) is 14.6. The summed E-state index contributed by atoms with van der Waals surface area (Å²) >= 11 is 0. The largest absolute Gasteiger partial charge is 0.321 e. The van der Waals surface area contributed by atoms with E-state index in [4.69, 9.17) is 0 Å². The van der Waals surface area contributed by atoms with Crippen molar-refractivity contribution in [2.75, 3.05) is 16.3 Å². The molecule has 0 bridgehead atoms. The van der Waals surface area contributed by atoms with E-state index in [-0.39, 0.29) is 11.6 Å². The molecular formula is C13H13N3O3S. The van der Waals surface area contributed by atoms with Gasteiger partial charge in [-0.05, 0) is 30.3 Å². The lowest BCUT2D eigenvalue weighted by Gasteiger charge is -2.08. The Bertz CT molecular complexity index is 715.